The Labute approximate surface area is 123 Å². The van der Waals surface area contributed by atoms with Crippen molar-refractivity contribution in [3.8, 4) is 17.2 Å². The largest absolute Gasteiger partial charge is 0.494 e. The van der Waals surface area contributed by atoms with Gasteiger partial charge >= 0.3 is 0 Å². The van der Waals surface area contributed by atoms with E-state index in [-0.39, 0.29) is 0 Å². The highest BCUT2D eigenvalue weighted by Gasteiger charge is 2.09. The van der Waals surface area contributed by atoms with E-state index in [9.17, 15) is 4.79 Å². The van der Waals surface area contributed by atoms with Crippen LogP contribution in [0.5, 0.6) is 17.2 Å². The maximum atomic E-state index is 11.0. The van der Waals surface area contributed by atoms with Gasteiger partial charge in [-0.15, -0.1) is 0 Å². The van der Waals surface area contributed by atoms with Crippen LogP contribution in [0.4, 0.5) is 0 Å². The zero-order valence-electron chi connectivity index (χ0n) is 11.1. The zero-order chi connectivity index (χ0) is 14.4. The summed E-state index contributed by atoms with van der Waals surface area (Å²) in [6, 6.07) is 12.3. The van der Waals surface area contributed by atoms with Gasteiger partial charge < -0.3 is 9.47 Å². The zero-order valence-corrected chi connectivity index (χ0v) is 11.9. The highest BCUT2D eigenvalue weighted by atomic mass is 35.5. The van der Waals surface area contributed by atoms with Crippen LogP contribution in [0.2, 0.25) is 5.02 Å². The average molecular weight is 291 g/mol. The molecule has 4 heteroatoms. The fourth-order valence-corrected chi connectivity index (χ4v) is 1.89. The Morgan fingerprint density at radius 1 is 1.10 bits per heavy atom. The summed E-state index contributed by atoms with van der Waals surface area (Å²) in [4.78, 5) is 11.0. The number of benzene rings is 2. The summed E-state index contributed by atoms with van der Waals surface area (Å²) in [5, 5.41) is 0.404. The lowest BCUT2D eigenvalue weighted by Crippen LogP contribution is -1.95. The quantitative estimate of drug-likeness (QED) is 0.721. The summed E-state index contributed by atoms with van der Waals surface area (Å²) in [6.45, 7) is 2.73. The number of ether oxygens (including phenoxy) is 2. The molecule has 20 heavy (non-hydrogen) atoms. The number of aldehydes is 1. The first-order valence-corrected chi connectivity index (χ1v) is 6.76. The van der Waals surface area contributed by atoms with Crippen molar-refractivity contribution in [2.45, 2.75) is 13.3 Å². The van der Waals surface area contributed by atoms with E-state index in [1.807, 2.05) is 12.1 Å². The Bertz CT molecular complexity index is 579. The van der Waals surface area contributed by atoms with E-state index in [0.717, 1.165) is 18.5 Å². The van der Waals surface area contributed by atoms with Gasteiger partial charge in [-0.1, -0.05) is 24.6 Å². The summed E-state index contributed by atoms with van der Waals surface area (Å²) in [5.74, 6) is 1.76. The van der Waals surface area contributed by atoms with Crippen LogP contribution < -0.4 is 9.47 Å². The van der Waals surface area contributed by atoms with Gasteiger partial charge in [-0.2, -0.15) is 0 Å². The smallest absolute Gasteiger partial charge is 0.156 e. The molecule has 0 amide bonds. The molecule has 2 aromatic carbocycles. The van der Waals surface area contributed by atoms with Crippen LogP contribution in [0.15, 0.2) is 42.5 Å². The van der Waals surface area contributed by atoms with Crippen molar-refractivity contribution in [1.82, 2.24) is 0 Å². The molecule has 0 heterocycles. The van der Waals surface area contributed by atoms with Gasteiger partial charge in [-0.3, -0.25) is 4.79 Å². The summed E-state index contributed by atoms with van der Waals surface area (Å²) >= 11 is 6.05. The van der Waals surface area contributed by atoms with E-state index in [1.54, 1.807) is 30.3 Å². The molecule has 0 spiro atoms. The minimum absolute atomic E-state index is 0.367. The molecular weight excluding hydrogens is 276 g/mol. The number of carbonyl (C=O) groups excluding carboxylic acids is 1. The molecule has 2 rings (SSSR count). The van der Waals surface area contributed by atoms with Crippen LogP contribution in [0, 0.1) is 0 Å². The second-order valence-electron chi connectivity index (χ2n) is 4.20. The second kappa shape index (κ2) is 6.96. The predicted octanol–water partition coefficient (Wildman–Crippen LogP) is 4.73. The minimum Gasteiger partial charge on any atom is -0.494 e. The topological polar surface area (TPSA) is 35.5 Å². The SMILES string of the molecule is CCCOc1ccc(Oc2c(Cl)cccc2C=O)cc1. The Hall–Kier alpha value is -2.00. The van der Waals surface area contributed by atoms with Gasteiger partial charge in [-0.05, 0) is 42.8 Å². The third-order valence-corrected chi connectivity index (χ3v) is 2.94. The van der Waals surface area contributed by atoms with Crippen molar-refractivity contribution in [3.05, 3.63) is 53.1 Å². The fraction of sp³-hybridized carbons (Fsp3) is 0.188. The van der Waals surface area contributed by atoms with Crippen LogP contribution in [0.3, 0.4) is 0 Å². The Morgan fingerprint density at radius 2 is 1.80 bits per heavy atom. The standard InChI is InChI=1S/C16H15ClO3/c1-2-10-19-13-6-8-14(9-7-13)20-16-12(11-18)4-3-5-15(16)17/h3-9,11H,2,10H2,1H3. The maximum Gasteiger partial charge on any atom is 0.156 e. The lowest BCUT2D eigenvalue weighted by Gasteiger charge is -2.10. The monoisotopic (exact) mass is 290 g/mol. The molecule has 0 radical (unpaired) electrons. The van der Waals surface area contributed by atoms with Crippen molar-refractivity contribution >= 4 is 17.9 Å². The maximum absolute atomic E-state index is 11.0. The second-order valence-corrected chi connectivity index (χ2v) is 4.61. The molecule has 2 aromatic rings. The number of rotatable bonds is 6. The van der Waals surface area contributed by atoms with Gasteiger partial charge in [0, 0.05) is 0 Å². The van der Waals surface area contributed by atoms with Gasteiger partial charge in [0.1, 0.15) is 11.5 Å². The van der Waals surface area contributed by atoms with E-state index in [1.165, 1.54) is 0 Å². The molecule has 0 aliphatic heterocycles. The number of hydrogen-bond acceptors (Lipinski definition) is 3. The van der Waals surface area contributed by atoms with Gasteiger partial charge in [0.2, 0.25) is 0 Å². The van der Waals surface area contributed by atoms with Crippen molar-refractivity contribution in [2.24, 2.45) is 0 Å². The molecule has 0 aliphatic carbocycles. The number of hydrogen-bond donors (Lipinski definition) is 0. The lowest BCUT2D eigenvalue weighted by atomic mass is 10.2. The number of halogens is 1. The first kappa shape index (κ1) is 14.4. The number of carbonyl (C=O) groups is 1. The first-order valence-electron chi connectivity index (χ1n) is 6.39. The lowest BCUT2D eigenvalue weighted by molar-refractivity contribution is 0.112. The highest BCUT2D eigenvalue weighted by molar-refractivity contribution is 6.32. The summed E-state index contributed by atoms with van der Waals surface area (Å²) < 4.78 is 11.2. The molecule has 0 unspecified atom stereocenters. The van der Waals surface area contributed by atoms with Crippen molar-refractivity contribution < 1.29 is 14.3 Å². The van der Waals surface area contributed by atoms with Crippen LogP contribution >= 0.6 is 11.6 Å². The van der Waals surface area contributed by atoms with Crippen molar-refractivity contribution in [3.63, 3.8) is 0 Å². The Balaban J connectivity index is 2.16. The van der Waals surface area contributed by atoms with Crippen molar-refractivity contribution in [1.29, 1.82) is 0 Å². The predicted molar refractivity (Wildman–Crippen MR) is 79.1 cm³/mol. The Morgan fingerprint density at radius 3 is 2.45 bits per heavy atom. The van der Waals surface area contributed by atoms with Gasteiger partial charge in [0.05, 0.1) is 17.2 Å². The van der Waals surface area contributed by atoms with Gasteiger partial charge in [-0.25, -0.2) is 0 Å². The third kappa shape index (κ3) is 3.52. The molecule has 0 bridgehead atoms. The molecule has 0 atom stereocenters. The van der Waals surface area contributed by atoms with Crippen LogP contribution in [-0.4, -0.2) is 12.9 Å². The van der Waals surface area contributed by atoms with E-state index in [4.69, 9.17) is 21.1 Å². The highest BCUT2D eigenvalue weighted by Crippen LogP contribution is 2.32. The van der Waals surface area contributed by atoms with Crippen LogP contribution in [0.25, 0.3) is 0 Å². The molecule has 104 valence electrons. The molecular formula is C16H15ClO3. The average Bonchev–Trinajstić information content (AvgIpc) is 2.48. The minimum atomic E-state index is 0.367. The molecule has 0 fully saturated rings. The Kier molecular flexibility index (Phi) is 5.02. The van der Waals surface area contributed by atoms with Crippen LogP contribution in [0.1, 0.15) is 23.7 Å². The fourth-order valence-electron chi connectivity index (χ4n) is 1.67. The van der Waals surface area contributed by atoms with Gasteiger partial charge in [0.15, 0.2) is 12.0 Å². The van der Waals surface area contributed by atoms with Gasteiger partial charge in [0.25, 0.3) is 0 Å². The molecule has 0 saturated carbocycles. The molecule has 0 aromatic heterocycles. The van der Waals surface area contributed by atoms with Crippen molar-refractivity contribution in [2.75, 3.05) is 6.61 Å². The molecule has 0 aliphatic rings. The molecule has 0 N–H and O–H groups in total. The molecule has 3 nitrogen and oxygen atoms in total. The summed E-state index contributed by atoms with van der Waals surface area (Å²) in [5.41, 5.74) is 0.420. The van der Waals surface area contributed by atoms with E-state index in [2.05, 4.69) is 6.92 Å². The van der Waals surface area contributed by atoms with Crippen LogP contribution in [-0.2, 0) is 0 Å². The summed E-state index contributed by atoms with van der Waals surface area (Å²) in [7, 11) is 0. The number of para-hydroxylation sites is 1. The first-order chi connectivity index (χ1) is 9.74. The van der Waals surface area contributed by atoms with E-state index in [0.29, 0.717) is 28.7 Å². The molecule has 0 saturated heterocycles. The summed E-state index contributed by atoms with van der Waals surface area (Å²) in [6.07, 6.45) is 1.68. The van der Waals surface area contributed by atoms with E-state index < -0.39 is 0 Å². The third-order valence-electron chi connectivity index (χ3n) is 2.64. The van der Waals surface area contributed by atoms with E-state index >= 15 is 0 Å². The normalized spacial score (nSPS) is 10.1.